The third kappa shape index (κ3) is 4.86. The summed E-state index contributed by atoms with van der Waals surface area (Å²) in [7, 11) is 0. The number of carbonyl (C=O) groups is 1. The molecule has 0 bridgehead atoms. The Morgan fingerprint density at radius 2 is 1.72 bits per heavy atom. The molecule has 0 radical (unpaired) electrons. The van der Waals surface area contributed by atoms with Crippen molar-refractivity contribution in [2.75, 3.05) is 11.1 Å². The third-order valence-corrected chi connectivity index (χ3v) is 5.46. The number of thioether (sulfide) groups is 1. The number of aromatic nitrogens is 4. The molecule has 10 heteroatoms. The topological polar surface area (TPSA) is 85.8 Å². The number of hydrogen-bond donors (Lipinski definition) is 1. The molecule has 1 N–H and O–H groups in total. The van der Waals surface area contributed by atoms with Gasteiger partial charge >= 0.3 is 0 Å². The molecule has 7 nitrogen and oxygen atoms in total. The van der Waals surface area contributed by atoms with Gasteiger partial charge < -0.3 is 4.52 Å². The van der Waals surface area contributed by atoms with Crippen molar-refractivity contribution in [2.45, 2.75) is 24.9 Å². The molecule has 0 saturated heterocycles. The molecule has 0 aliphatic heterocycles. The second-order valence-corrected chi connectivity index (χ2v) is 8.17. The fraction of sp³-hybridized carbons (Fsp3) is 0.182. The second-order valence-electron chi connectivity index (χ2n) is 7.23. The summed E-state index contributed by atoms with van der Waals surface area (Å²) in [5, 5.41) is 15.4. The Labute approximate surface area is 186 Å². The molecule has 0 saturated carbocycles. The fourth-order valence-electron chi connectivity index (χ4n) is 2.90. The average molecular weight is 455 g/mol. The number of nitrogens with one attached hydrogen (secondary N) is 1. The molecule has 0 atom stereocenters. The van der Waals surface area contributed by atoms with Crippen LogP contribution in [0.5, 0.6) is 0 Å². The summed E-state index contributed by atoms with van der Waals surface area (Å²) >= 11 is 1.15. The highest BCUT2D eigenvalue weighted by Gasteiger charge is 2.18. The van der Waals surface area contributed by atoms with Gasteiger partial charge in [0.15, 0.2) is 11.0 Å². The quantitative estimate of drug-likeness (QED) is 0.392. The van der Waals surface area contributed by atoms with Crippen LogP contribution in [0, 0.1) is 11.6 Å². The van der Waals surface area contributed by atoms with Crippen LogP contribution in [-0.2, 0) is 4.79 Å². The van der Waals surface area contributed by atoms with Gasteiger partial charge in [0.25, 0.3) is 0 Å². The van der Waals surface area contributed by atoms with Crippen LogP contribution in [0.2, 0.25) is 0 Å². The zero-order valence-electron chi connectivity index (χ0n) is 17.3. The molecule has 1 amide bonds. The summed E-state index contributed by atoms with van der Waals surface area (Å²) in [6, 6.07) is 13.3. The first-order valence-electron chi connectivity index (χ1n) is 9.77. The van der Waals surface area contributed by atoms with Gasteiger partial charge in [0.2, 0.25) is 11.8 Å². The van der Waals surface area contributed by atoms with Crippen LogP contribution in [-0.4, -0.2) is 31.6 Å². The van der Waals surface area contributed by atoms with Crippen molar-refractivity contribution in [1.82, 2.24) is 19.9 Å². The molecule has 4 rings (SSSR count). The standard InChI is InChI=1S/C22H19F2N5O2S/c1-13(2)18-11-20(31-28-18)25-19(30)12-32-22-27-26-21(14-3-5-15(23)6-4-14)29(22)17-9-7-16(24)8-10-17/h3-11,13H,12H2,1-2H3,(H,25,30). The van der Waals surface area contributed by atoms with E-state index in [2.05, 4.69) is 20.7 Å². The number of benzene rings is 2. The minimum absolute atomic E-state index is 0.0282. The monoisotopic (exact) mass is 455 g/mol. The predicted molar refractivity (Wildman–Crippen MR) is 117 cm³/mol. The molecular formula is C22H19F2N5O2S. The number of rotatable bonds is 7. The maximum Gasteiger partial charge on any atom is 0.237 e. The van der Waals surface area contributed by atoms with E-state index >= 15 is 0 Å². The first kappa shape index (κ1) is 21.7. The van der Waals surface area contributed by atoms with Crippen LogP contribution < -0.4 is 5.32 Å². The van der Waals surface area contributed by atoms with Crippen molar-refractivity contribution in [1.29, 1.82) is 0 Å². The highest BCUT2D eigenvalue weighted by Crippen LogP contribution is 2.28. The molecule has 0 aliphatic rings. The Morgan fingerprint density at radius 1 is 1.06 bits per heavy atom. The van der Waals surface area contributed by atoms with E-state index in [1.165, 1.54) is 24.3 Å². The minimum atomic E-state index is -0.383. The molecule has 2 aromatic heterocycles. The SMILES string of the molecule is CC(C)c1cc(NC(=O)CSc2nnc(-c3ccc(F)cc3)n2-c2ccc(F)cc2)on1. The van der Waals surface area contributed by atoms with Crippen LogP contribution in [0.4, 0.5) is 14.7 Å². The summed E-state index contributed by atoms with van der Waals surface area (Å²) in [5.74, 6) is -0.146. The van der Waals surface area contributed by atoms with E-state index in [1.54, 1.807) is 34.9 Å². The van der Waals surface area contributed by atoms with E-state index in [-0.39, 0.29) is 35.1 Å². The number of nitrogens with zero attached hydrogens (tertiary/aromatic N) is 4. The Balaban J connectivity index is 1.57. The van der Waals surface area contributed by atoms with Gasteiger partial charge in [-0.15, -0.1) is 10.2 Å². The van der Waals surface area contributed by atoms with E-state index in [0.29, 0.717) is 22.2 Å². The predicted octanol–water partition coefficient (Wildman–Crippen LogP) is 5.05. The minimum Gasteiger partial charge on any atom is -0.338 e. The summed E-state index contributed by atoms with van der Waals surface area (Å²) in [4.78, 5) is 12.4. The zero-order chi connectivity index (χ0) is 22.7. The smallest absolute Gasteiger partial charge is 0.237 e. The summed E-state index contributed by atoms with van der Waals surface area (Å²) in [5.41, 5.74) is 1.98. The first-order chi connectivity index (χ1) is 15.4. The lowest BCUT2D eigenvalue weighted by Gasteiger charge is -2.10. The lowest BCUT2D eigenvalue weighted by molar-refractivity contribution is -0.113. The Hall–Kier alpha value is -3.53. The van der Waals surface area contributed by atoms with E-state index in [9.17, 15) is 13.6 Å². The van der Waals surface area contributed by atoms with Crippen molar-refractivity contribution < 1.29 is 18.1 Å². The Morgan fingerprint density at radius 3 is 2.34 bits per heavy atom. The molecule has 2 heterocycles. The maximum absolute atomic E-state index is 13.5. The van der Waals surface area contributed by atoms with Gasteiger partial charge in [0.1, 0.15) is 11.6 Å². The molecule has 0 unspecified atom stereocenters. The van der Waals surface area contributed by atoms with Gasteiger partial charge in [0, 0.05) is 17.3 Å². The summed E-state index contributed by atoms with van der Waals surface area (Å²) in [6.07, 6.45) is 0. The van der Waals surface area contributed by atoms with Crippen molar-refractivity contribution in [3.63, 3.8) is 0 Å². The molecule has 32 heavy (non-hydrogen) atoms. The molecular weight excluding hydrogens is 436 g/mol. The number of halogens is 2. The fourth-order valence-corrected chi connectivity index (χ4v) is 3.65. The van der Waals surface area contributed by atoms with Crippen molar-refractivity contribution in [3.8, 4) is 17.1 Å². The van der Waals surface area contributed by atoms with Crippen LogP contribution in [0.1, 0.15) is 25.5 Å². The Bertz CT molecular complexity index is 1220. The molecule has 0 aliphatic carbocycles. The lowest BCUT2D eigenvalue weighted by Crippen LogP contribution is -2.14. The van der Waals surface area contributed by atoms with Gasteiger partial charge in [-0.25, -0.2) is 8.78 Å². The van der Waals surface area contributed by atoms with Gasteiger partial charge in [-0.2, -0.15) is 0 Å². The van der Waals surface area contributed by atoms with E-state index in [4.69, 9.17) is 4.52 Å². The van der Waals surface area contributed by atoms with Crippen LogP contribution in [0.3, 0.4) is 0 Å². The number of anilines is 1. The highest BCUT2D eigenvalue weighted by atomic mass is 32.2. The largest absolute Gasteiger partial charge is 0.338 e. The molecule has 2 aromatic carbocycles. The van der Waals surface area contributed by atoms with Crippen LogP contribution >= 0.6 is 11.8 Å². The first-order valence-corrected chi connectivity index (χ1v) is 10.8. The van der Waals surface area contributed by atoms with Crippen LogP contribution in [0.15, 0.2) is 64.3 Å². The van der Waals surface area contributed by atoms with Gasteiger partial charge in [0.05, 0.1) is 11.4 Å². The van der Waals surface area contributed by atoms with E-state index in [1.807, 2.05) is 13.8 Å². The second kappa shape index (κ2) is 9.31. The highest BCUT2D eigenvalue weighted by molar-refractivity contribution is 7.99. The maximum atomic E-state index is 13.5. The van der Waals surface area contributed by atoms with Crippen molar-refractivity contribution >= 4 is 23.6 Å². The van der Waals surface area contributed by atoms with Crippen molar-refractivity contribution in [3.05, 3.63) is 71.9 Å². The lowest BCUT2D eigenvalue weighted by atomic mass is 10.1. The third-order valence-electron chi connectivity index (χ3n) is 4.54. The average Bonchev–Trinajstić information content (AvgIpc) is 3.41. The normalized spacial score (nSPS) is 11.2. The van der Waals surface area contributed by atoms with Gasteiger partial charge in [-0.1, -0.05) is 30.8 Å². The molecule has 4 aromatic rings. The van der Waals surface area contributed by atoms with Gasteiger partial charge in [-0.05, 0) is 54.4 Å². The van der Waals surface area contributed by atoms with Crippen LogP contribution in [0.25, 0.3) is 17.1 Å². The molecule has 164 valence electrons. The molecule has 0 spiro atoms. The number of hydrogen-bond acceptors (Lipinski definition) is 6. The van der Waals surface area contributed by atoms with Crippen molar-refractivity contribution in [2.24, 2.45) is 0 Å². The van der Waals surface area contributed by atoms with E-state index in [0.717, 1.165) is 17.5 Å². The number of amides is 1. The van der Waals surface area contributed by atoms with Gasteiger partial charge in [-0.3, -0.25) is 14.7 Å². The Kier molecular flexibility index (Phi) is 6.31. The summed E-state index contributed by atoms with van der Waals surface area (Å²) < 4.78 is 33.6. The molecule has 0 fully saturated rings. The number of carbonyl (C=O) groups excluding carboxylic acids is 1. The zero-order valence-corrected chi connectivity index (χ0v) is 18.1. The van der Waals surface area contributed by atoms with E-state index < -0.39 is 0 Å². The summed E-state index contributed by atoms with van der Waals surface area (Å²) in [6.45, 7) is 3.95.